The second kappa shape index (κ2) is 5.54. The molecule has 1 fully saturated rings. The van der Waals surface area contributed by atoms with Crippen LogP contribution in [0.4, 0.5) is 5.82 Å². The first-order valence-corrected chi connectivity index (χ1v) is 4.72. The van der Waals surface area contributed by atoms with Gasteiger partial charge in [0.25, 0.3) is 0 Å². The van der Waals surface area contributed by atoms with Crippen molar-refractivity contribution >= 4 is 18.2 Å². The summed E-state index contributed by atoms with van der Waals surface area (Å²) in [5.74, 6) is 0.790. The van der Waals surface area contributed by atoms with E-state index in [1.165, 1.54) is 0 Å². The molecule has 1 aliphatic heterocycles. The zero-order valence-electron chi connectivity index (χ0n) is 8.23. The molecule has 0 amide bonds. The van der Waals surface area contributed by atoms with E-state index in [1.54, 1.807) is 18.3 Å². The molecule has 0 aromatic carbocycles. The lowest BCUT2D eigenvalue weighted by Crippen LogP contribution is -2.22. The van der Waals surface area contributed by atoms with E-state index in [-0.39, 0.29) is 12.4 Å². The highest BCUT2D eigenvalue weighted by Crippen LogP contribution is 2.09. The van der Waals surface area contributed by atoms with Gasteiger partial charge in [0.15, 0.2) is 0 Å². The SMILES string of the molecule is Cl.N#Cc1ccnc(NC2CCNC2)c1. The van der Waals surface area contributed by atoms with Crippen molar-refractivity contribution in [3.05, 3.63) is 23.9 Å². The van der Waals surface area contributed by atoms with Crippen LogP contribution in [0.2, 0.25) is 0 Å². The Bertz CT molecular complexity index is 355. The number of nitrogens with zero attached hydrogens (tertiary/aromatic N) is 2. The molecule has 1 aliphatic rings. The average Bonchev–Trinajstić information content (AvgIpc) is 2.71. The highest BCUT2D eigenvalue weighted by molar-refractivity contribution is 5.85. The van der Waals surface area contributed by atoms with Crippen LogP contribution in [0, 0.1) is 11.3 Å². The maximum Gasteiger partial charge on any atom is 0.127 e. The summed E-state index contributed by atoms with van der Waals surface area (Å²) in [7, 11) is 0. The predicted octanol–water partition coefficient (Wildman–Crippen LogP) is 1.15. The molecule has 1 aromatic heterocycles. The van der Waals surface area contributed by atoms with Crippen LogP contribution in [0.5, 0.6) is 0 Å². The number of pyridine rings is 1. The monoisotopic (exact) mass is 224 g/mol. The van der Waals surface area contributed by atoms with Gasteiger partial charge in [-0.15, -0.1) is 12.4 Å². The van der Waals surface area contributed by atoms with Gasteiger partial charge in [0.05, 0.1) is 11.6 Å². The topological polar surface area (TPSA) is 60.7 Å². The molecule has 1 saturated heterocycles. The summed E-state index contributed by atoms with van der Waals surface area (Å²) in [6.45, 7) is 2.02. The predicted molar refractivity (Wildman–Crippen MR) is 61.1 cm³/mol. The van der Waals surface area contributed by atoms with Gasteiger partial charge in [-0.3, -0.25) is 0 Å². The van der Waals surface area contributed by atoms with Gasteiger partial charge in [0, 0.05) is 18.8 Å². The second-order valence-electron chi connectivity index (χ2n) is 3.38. The van der Waals surface area contributed by atoms with Gasteiger partial charge in [-0.05, 0) is 25.1 Å². The zero-order valence-corrected chi connectivity index (χ0v) is 9.05. The van der Waals surface area contributed by atoms with Crippen LogP contribution < -0.4 is 10.6 Å². The van der Waals surface area contributed by atoms with Crippen LogP contribution in [0.15, 0.2) is 18.3 Å². The first-order chi connectivity index (χ1) is 6.88. The van der Waals surface area contributed by atoms with Crippen molar-refractivity contribution in [3.8, 4) is 6.07 Å². The number of anilines is 1. The number of nitriles is 1. The van der Waals surface area contributed by atoms with E-state index in [2.05, 4.69) is 21.7 Å². The molecule has 0 aliphatic carbocycles. The van der Waals surface area contributed by atoms with Crippen LogP contribution >= 0.6 is 12.4 Å². The Hall–Kier alpha value is -1.31. The van der Waals surface area contributed by atoms with Crippen molar-refractivity contribution in [2.45, 2.75) is 12.5 Å². The molecule has 2 N–H and O–H groups in total. The van der Waals surface area contributed by atoms with Crippen LogP contribution in [0.3, 0.4) is 0 Å². The molecule has 0 radical (unpaired) electrons. The van der Waals surface area contributed by atoms with Crippen molar-refractivity contribution < 1.29 is 0 Å². The Kier molecular flexibility index (Phi) is 4.35. The fourth-order valence-electron chi connectivity index (χ4n) is 1.57. The molecular formula is C10H13ClN4. The Morgan fingerprint density at radius 3 is 3.13 bits per heavy atom. The summed E-state index contributed by atoms with van der Waals surface area (Å²) in [5.41, 5.74) is 0.647. The summed E-state index contributed by atoms with van der Waals surface area (Å²) < 4.78 is 0. The van der Waals surface area contributed by atoms with Crippen LogP contribution in [0.1, 0.15) is 12.0 Å². The van der Waals surface area contributed by atoms with Crippen molar-refractivity contribution in [2.24, 2.45) is 0 Å². The van der Waals surface area contributed by atoms with Crippen molar-refractivity contribution in [1.82, 2.24) is 10.3 Å². The second-order valence-corrected chi connectivity index (χ2v) is 3.38. The quantitative estimate of drug-likeness (QED) is 0.791. The Morgan fingerprint density at radius 2 is 2.47 bits per heavy atom. The number of halogens is 1. The minimum atomic E-state index is 0. The van der Waals surface area contributed by atoms with Gasteiger partial charge in [-0.2, -0.15) is 5.26 Å². The van der Waals surface area contributed by atoms with Gasteiger partial charge in [0.1, 0.15) is 5.82 Å². The summed E-state index contributed by atoms with van der Waals surface area (Å²) in [5, 5.41) is 15.3. The minimum Gasteiger partial charge on any atom is -0.366 e. The van der Waals surface area contributed by atoms with Gasteiger partial charge >= 0.3 is 0 Å². The Morgan fingerprint density at radius 1 is 1.60 bits per heavy atom. The molecule has 0 saturated carbocycles. The molecule has 0 spiro atoms. The molecule has 80 valence electrons. The molecule has 1 aromatic rings. The van der Waals surface area contributed by atoms with Gasteiger partial charge in [-0.1, -0.05) is 0 Å². The maximum absolute atomic E-state index is 8.70. The molecule has 5 heteroatoms. The van der Waals surface area contributed by atoms with Crippen molar-refractivity contribution in [1.29, 1.82) is 5.26 Å². The lowest BCUT2D eigenvalue weighted by atomic mass is 10.2. The van der Waals surface area contributed by atoms with E-state index in [4.69, 9.17) is 5.26 Å². The highest BCUT2D eigenvalue weighted by atomic mass is 35.5. The van der Waals surface area contributed by atoms with E-state index in [0.717, 1.165) is 25.3 Å². The molecule has 2 heterocycles. The molecule has 15 heavy (non-hydrogen) atoms. The first kappa shape index (κ1) is 11.8. The van der Waals surface area contributed by atoms with Crippen molar-refractivity contribution in [3.63, 3.8) is 0 Å². The van der Waals surface area contributed by atoms with Crippen LogP contribution in [0.25, 0.3) is 0 Å². The van der Waals surface area contributed by atoms with Crippen LogP contribution in [-0.2, 0) is 0 Å². The number of hydrogen-bond donors (Lipinski definition) is 2. The number of rotatable bonds is 2. The normalized spacial score (nSPS) is 19.0. The summed E-state index contributed by atoms with van der Waals surface area (Å²) in [6.07, 6.45) is 2.77. The van der Waals surface area contributed by atoms with E-state index in [1.807, 2.05) is 0 Å². The largest absolute Gasteiger partial charge is 0.366 e. The number of nitrogens with one attached hydrogen (secondary N) is 2. The van der Waals surface area contributed by atoms with Crippen LogP contribution in [-0.4, -0.2) is 24.1 Å². The summed E-state index contributed by atoms with van der Waals surface area (Å²) in [4.78, 5) is 4.16. The standard InChI is InChI=1S/C10H12N4.ClH/c11-6-8-1-4-13-10(5-8)14-9-2-3-12-7-9;/h1,4-5,9,12H,2-3,7H2,(H,13,14);1H. The van der Waals surface area contributed by atoms with E-state index in [0.29, 0.717) is 11.6 Å². The third kappa shape index (κ3) is 3.08. The lowest BCUT2D eigenvalue weighted by molar-refractivity contribution is 0.788. The molecule has 1 unspecified atom stereocenters. The fourth-order valence-corrected chi connectivity index (χ4v) is 1.57. The smallest absolute Gasteiger partial charge is 0.127 e. The van der Waals surface area contributed by atoms with Gasteiger partial charge in [-0.25, -0.2) is 4.98 Å². The number of aromatic nitrogens is 1. The zero-order chi connectivity index (χ0) is 9.80. The third-order valence-corrected chi connectivity index (χ3v) is 2.30. The molecule has 1 atom stereocenters. The lowest BCUT2D eigenvalue weighted by Gasteiger charge is -2.11. The first-order valence-electron chi connectivity index (χ1n) is 4.72. The molecule has 4 nitrogen and oxygen atoms in total. The average molecular weight is 225 g/mol. The van der Waals surface area contributed by atoms with E-state index in [9.17, 15) is 0 Å². The third-order valence-electron chi connectivity index (χ3n) is 2.30. The Labute approximate surface area is 95.1 Å². The van der Waals surface area contributed by atoms with E-state index < -0.39 is 0 Å². The van der Waals surface area contributed by atoms with Gasteiger partial charge in [0.2, 0.25) is 0 Å². The number of hydrogen-bond acceptors (Lipinski definition) is 4. The van der Waals surface area contributed by atoms with E-state index >= 15 is 0 Å². The maximum atomic E-state index is 8.70. The Balaban J connectivity index is 0.00000112. The molecular weight excluding hydrogens is 212 g/mol. The minimum absolute atomic E-state index is 0. The van der Waals surface area contributed by atoms with Gasteiger partial charge < -0.3 is 10.6 Å². The molecule has 2 rings (SSSR count). The molecule has 0 bridgehead atoms. The van der Waals surface area contributed by atoms with Crippen molar-refractivity contribution in [2.75, 3.05) is 18.4 Å². The summed E-state index contributed by atoms with van der Waals surface area (Å²) >= 11 is 0. The highest BCUT2D eigenvalue weighted by Gasteiger charge is 2.13. The summed E-state index contributed by atoms with van der Waals surface area (Å²) in [6, 6.07) is 6.02. The fraction of sp³-hybridized carbons (Fsp3) is 0.400.